The van der Waals surface area contributed by atoms with Gasteiger partial charge in [-0.3, -0.25) is 9.69 Å². The van der Waals surface area contributed by atoms with Crippen molar-refractivity contribution in [3.8, 4) is 0 Å². The quantitative estimate of drug-likeness (QED) is 0.640. The van der Waals surface area contributed by atoms with E-state index < -0.39 is 10.0 Å². The molecule has 8 nitrogen and oxygen atoms in total. The highest BCUT2D eigenvalue weighted by Gasteiger charge is 2.46. The van der Waals surface area contributed by atoms with E-state index in [4.69, 9.17) is 9.47 Å². The number of nitrogens with zero attached hydrogens (tertiary/aromatic N) is 3. The lowest BCUT2D eigenvalue weighted by atomic mass is 10.1. The Morgan fingerprint density at radius 2 is 1.88 bits per heavy atom. The van der Waals surface area contributed by atoms with Crippen LogP contribution in [-0.4, -0.2) is 106 Å². The van der Waals surface area contributed by atoms with Gasteiger partial charge in [0, 0.05) is 46.4 Å². The maximum absolute atomic E-state index is 12.6. The van der Waals surface area contributed by atoms with Gasteiger partial charge in [-0.25, -0.2) is 8.42 Å². The molecular weight excluding hydrogens is 334 g/mol. The highest BCUT2D eigenvalue weighted by Crippen LogP contribution is 2.28. The second-order valence-corrected chi connectivity index (χ2v) is 8.96. The average Bonchev–Trinajstić information content (AvgIpc) is 2.92. The van der Waals surface area contributed by atoms with Gasteiger partial charge >= 0.3 is 0 Å². The van der Waals surface area contributed by atoms with Crippen LogP contribution >= 0.6 is 0 Å². The van der Waals surface area contributed by atoms with Gasteiger partial charge in [-0.2, -0.15) is 4.31 Å². The molecule has 0 unspecified atom stereocenters. The standard InChI is InChI=1S/C15H27N3O5S/c1-16(2)15(19)11-18-13-9-17(12-3-5-22-6-4-12)10-14(13)23-7-8-24(18,20)21/h12-14H,3-11H2,1-2H3/t13-,14+/m1/s1. The largest absolute Gasteiger partial charge is 0.381 e. The molecule has 3 fully saturated rings. The molecule has 0 aliphatic carbocycles. The van der Waals surface area contributed by atoms with Gasteiger partial charge in [0.1, 0.15) is 0 Å². The van der Waals surface area contributed by atoms with Crippen molar-refractivity contribution in [1.82, 2.24) is 14.1 Å². The highest BCUT2D eigenvalue weighted by atomic mass is 32.2. The Kier molecular flexibility index (Phi) is 5.45. The van der Waals surface area contributed by atoms with E-state index in [0.29, 0.717) is 12.6 Å². The summed E-state index contributed by atoms with van der Waals surface area (Å²) in [6.07, 6.45) is 1.76. The molecule has 3 aliphatic heterocycles. The molecule has 0 aromatic rings. The third kappa shape index (κ3) is 3.75. The summed E-state index contributed by atoms with van der Waals surface area (Å²) in [7, 11) is -0.202. The lowest BCUT2D eigenvalue weighted by Crippen LogP contribution is -2.50. The minimum Gasteiger partial charge on any atom is -0.381 e. The van der Waals surface area contributed by atoms with Gasteiger partial charge in [0.2, 0.25) is 15.9 Å². The number of rotatable bonds is 3. The number of fused-ring (bicyclic) bond motifs is 1. The molecular formula is C15H27N3O5S. The first-order chi connectivity index (χ1) is 11.4. The first kappa shape index (κ1) is 18.1. The maximum Gasteiger partial charge on any atom is 0.237 e. The Morgan fingerprint density at radius 3 is 2.54 bits per heavy atom. The van der Waals surface area contributed by atoms with E-state index in [2.05, 4.69) is 4.90 Å². The smallest absolute Gasteiger partial charge is 0.237 e. The molecule has 2 atom stereocenters. The van der Waals surface area contributed by atoms with Crippen LogP contribution in [-0.2, 0) is 24.3 Å². The molecule has 3 saturated heterocycles. The molecule has 0 radical (unpaired) electrons. The first-order valence-electron chi connectivity index (χ1n) is 8.51. The zero-order valence-corrected chi connectivity index (χ0v) is 15.2. The first-order valence-corrected chi connectivity index (χ1v) is 10.1. The monoisotopic (exact) mass is 361 g/mol. The molecule has 3 aliphatic rings. The number of likely N-dealkylation sites (tertiary alicyclic amines) is 1. The summed E-state index contributed by atoms with van der Waals surface area (Å²) in [5.74, 6) is -0.262. The van der Waals surface area contributed by atoms with E-state index in [-0.39, 0.29) is 37.0 Å². The average molecular weight is 361 g/mol. The number of hydrogen-bond donors (Lipinski definition) is 0. The van der Waals surface area contributed by atoms with Crippen molar-refractivity contribution in [3.63, 3.8) is 0 Å². The van der Waals surface area contributed by atoms with Crippen molar-refractivity contribution < 1.29 is 22.7 Å². The van der Waals surface area contributed by atoms with E-state index in [1.807, 2.05) is 0 Å². The van der Waals surface area contributed by atoms with Crippen LogP contribution in [0.25, 0.3) is 0 Å². The summed E-state index contributed by atoms with van der Waals surface area (Å²) < 4.78 is 37.9. The second kappa shape index (κ2) is 7.25. The number of sulfonamides is 1. The Morgan fingerprint density at radius 1 is 1.17 bits per heavy atom. The third-order valence-electron chi connectivity index (χ3n) is 5.16. The molecule has 24 heavy (non-hydrogen) atoms. The van der Waals surface area contributed by atoms with Gasteiger partial charge in [-0.05, 0) is 12.8 Å². The predicted octanol–water partition coefficient (Wildman–Crippen LogP) is -1.03. The lowest BCUT2D eigenvalue weighted by molar-refractivity contribution is -0.129. The number of carbonyl (C=O) groups is 1. The minimum absolute atomic E-state index is 0.0576. The van der Waals surface area contributed by atoms with Gasteiger partial charge < -0.3 is 14.4 Å². The van der Waals surface area contributed by atoms with Gasteiger partial charge in [-0.15, -0.1) is 0 Å². The summed E-state index contributed by atoms with van der Waals surface area (Å²) in [5.41, 5.74) is 0. The molecule has 1 amide bonds. The summed E-state index contributed by atoms with van der Waals surface area (Å²) in [6, 6.07) is 0.118. The van der Waals surface area contributed by atoms with E-state index in [0.717, 1.165) is 32.6 Å². The Hall–Kier alpha value is -0.740. The van der Waals surface area contributed by atoms with Crippen molar-refractivity contribution in [2.75, 3.05) is 59.3 Å². The lowest BCUT2D eigenvalue weighted by Gasteiger charge is -2.32. The van der Waals surface area contributed by atoms with Crippen LogP contribution in [0.1, 0.15) is 12.8 Å². The van der Waals surface area contributed by atoms with Crippen LogP contribution in [0.5, 0.6) is 0 Å². The van der Waals surface area contributed by atoms with Crippen molar-refractivity contribution in [1.29, 1.82) is 0 Å². The van der Waals surface area contributed by atoms with Crippen LogP contribution < -0.4 is 0 Å². The number of ether oxygens (including phenoxy) is 2. The van der Waals surface area contributed by atoms with E-state index >= 15 is 0 Å². The Balaban J connectivity index is 1.78. The fourth-order valence-corrected chi connectivity index (χ4v) is 5.16. The van der Waals surface area contributed by atoms with Crippen molar-refractivity contribution in [3.05, 3.63) is 0 Å². The third-order valence-corrected chi connectivity index (χ3v) is 6.96. The van der Waals surface area contributed by atoms with Gasteiger partial charge in [0.15, 0.2) is 0 Å². The van der Waals surface area contributed by atoms with Crippen molar-refractivity contribution in [2.24, 2.45) is 0 Å². The number of likely N-dealkylation sites (N-methyl/N-ethyl adjacent to an activating group) is 1. The molecule has 3 heterocycles. The summed E-state index contributed by atoms with van der Waals surface area (Å²) >= 11 is 0. The molecule has 0 saturated carbocycles. The van der Waals surface area contributed by atoms with Crippen LogP contribution in [0.15, 0.2) is 0 Å². The number of carbonyl (C=O) groups excluding carboxylic acids is 1. The van der Waals surface area contributed by atoms with Crippen LogP contribution in [0.3, 0.4) is 0 Å². The molecule has 3 rings (SSSR count). The molecule has 0 bridgehead atoms. The highest BCUT2D eigenvalue weighted by molar-refractivity contribution is 7.89. The molecule has 138 valence electrons. The SMILES string of the molecule is CN(C)C(=O)CN1[C@@H]2CN(C3CCOCC3)C[C@@H]2OCCS1(=O)=O. The summed E-state index contributed by atoms with van der Waals surface area (Å²) in [5, 5.41) is 0. The Labute approximate surface area is 143 Å². The van der Waals surface area contributed by atoms with Crippen LogP contribution in [0.2, 0.25) is 0 Å². The summed E-state index contributed by atoms with van der Waals surface area (Å²) in [6.45, 7) is 2.92. The predicted molar refractivity (Wildman–Crippen MR) is 88.1 cm³/mol. The van der Waals surface area contributed by atoms with E-state index in [1.165, 1.54) is 9.21 Å². The van der Waals surface area contributed by atoms with E-state index in [9.17, 15) is 13.2 Å². The molecule has 0 aromatic carbocycles. The van der Waals surface area contributed by atoms with Crippen LogP contribution in [0, 0.1) is 0 Å². The van der Waals surface area contributed by atoms with Gasteiger partial charge in [0.05, 0.1) is 31.1 Å². The minimum atomic E-state index is -3.49. The van der Waals surface area contributed by atoms with Crippen molar-refractivity contribution in [2.45, 2.75) is 31.0 Å². The normalized spacial score (nSPS) is 32.2. The Bertz CT molecular complexity index is 561. The zero-order valence-electron chi connectivity index (χ0n) is 14.4. The molecule has 0 N–H and O–H groups in total. The van der Waals surface area contributed by atoms with Crippen molar-refractivity contribution >= 4 is 15.9 Å². The molecule has 0 spiro atoms. The fourth-order valence-electron chi connectivity index (χ4n) is 3.69. The zero-order chi connectivity index (χ0) is 17.3. The number of amides is 1. The van der Waals surface area contributed by atoms with E-state index in [1.54, 1.807) is 14.1 Å². The molecule has 0 aromatic heterocycles. The fraction of sp³-hybridized carbons (Fsp3) is 0.933. The number of hydrogen-bond acceptors (Lipinski definition) is 6. The second-order valence-electron chi connectivity index (χ2n) is 6.92. The van der Waals surface area contributed by atoms with Gasteiger partial charge in [-0.1, -0.05) is 0 Å². The topological polar surface area (TPSA) is 79.4 Å². The summed E-state index contributed by atoms with van der Waals surface area (Å²) in [4.78, 5) is 15.9. The molecule has 9 heteroatoms. The van der Waals surface area contributed by atoms with Gasteiger partial charge in [0.25, 0.3) is 0 Å². The van der Waals surface area contributed by atoms with Crippen LogP contribution in [0.4, 0.5) is 0 Å². The maximum atomic E-state index is 12.6.